The number of halogens is 1. The third-order valence-corrected chi connectivity index (χ3v) is 5.75. The summed E-state index contributed by atoms with van der Waals surface area (Å²) in [5.74, 6) is -0.381. The number of esters is 1. The first-order chi connectivity index (χ1) is 15.5. The van der Waals surface area contributed by atoms with Gasteiger partial charge in [0.25, 0.3) is 5.91 Å². The van der Waals surface area contributed by atoms with Crippen LogP contribution in [0.5, 0.6) is 0 Å². The highest BCUT2D eigenvalue weighted by atomic mass is 35.5. The number of amides is 3. The van der Waals surface area contributed by atoms with Crippen molar-refractivity contribution in [2.24, 2.45) is 0 Å². The second kappa shape index (κ2) is 9.46. The Labute approximate surface area is 189 Å². The highest BCUT2D eigenvalue weighted by Crippen LogP contribution is 2.29. The van der Waals surface area contributed by atoms with Crippen LogP contribution in [0, 0.1) is 0 Å². The smallest absolute Gasteiger partial charge is 0.338 e. The third-order valence-electron chi connectivity index (χ3n) is 5.51. The van der Waals surface area contributed by atoms with Crippen LogP contribution in [0.15, 0.2) is 58.3 Å². The molecule has 32 heavy (non-hydrogen) atoms. The minimum absolute atomic E-state index is 0.152. The van der Waals surface area contributed by atoms with Crippen molar-refractivity contribution in [1.29, 1.82) is 0 Å². The summed E-state index contributed by atoms with van der Waals surface area (Å²) in [7, 11) is 1.30. The van der Waals surface area contributed by atoms with E-state index in [0.29, 0.717) is 60.3 Å². The van der Waals surface area contributed by atoms with Crippen molar-refractivity contribution >= 4 is 29.5 Å². The largest absolute Gasteiger partial charge is 0.466 e. The third kappa shape index (κ3) is 4.63. The van der Waals surface area contributed by atoms with Gasteiger partial charge >= 0.3 is 12.0 Å². The molecule has 0 unspecified atom stereocenters. The van der Waals surface area contributed by atoms with Gasteiger partial charge in [-0.15, -0.1) is 0 Å². The van der Waals surface area contributed by atoms with Crippen molar-refractivity contribution in [1.82, 2.24) is 20.4 Å². The number of hydrogen-bond acceptors (Lipinski definition) is 6. The fourth-order valence-corrected chi connectivity index (χ4v) is 4.12. The molecule has 2 aliphatic heterocycles. The number of hydrogen-bond donors (Lipinski definition) is 2. The van der Waals surface area contributed by atoms with Gasteiger partial charge in [-0.05, 0) is 29.8 Å². The van der Waals surface area contributed by atoms with Gasteiger partial charge in [0.15, 0.2) is 5.76 Å². The first-order valence-corrected chi connectivity index (χ1v) is 10.5. The summed E-state index contributed by atoms with van der Waals surface area (Å²) in [6.07, 6.45) is 1.47. The number of nitrogens with one attached hydrogen (secondary N) is 2. The van der Waals surface area contributed by atoms with Crippen molar-refractivity contribution in [2.75, 3.05) is 39.8 Å². The maximum absolute atomic E-state index is 12.7. The first-order valence-electron chi connectivity index (χ1n) is 10.2. The van der Waals surface area contributed by atoms with Gasteiger partial charge in [0.1, 0.15) is 0 Å². The standard InChI is InChI=1S/C22H23ClN4O5/c1-31-21(29)18-16(24-22(30)25-19(18)14-4-2-5-15(23)12-14)13-26-7-9-27(10-8-26)20(28)17-6-3-11-32-17/h2-6,11-12,19H,7-10,13H2,1H3,(H2,24,25,30)/t19-/m0/s1. The Hall–Kier alpha value is -3.30. The van der Waals surface area contributed by atoms with Crippen molar-refractivity contribution in [3.63, 3.8) is 0 Å². The molecule has 0 spiro atoms. The van der Waals surface area contributed by atoms with Crippen molar-refractivity contribution in [3.8, 4) is 0 Å². The molecule has 0 saturated carbocycles. The van der Waals surface area contributed by atoms with Crippen LogP contribution >= 0.6 is 11.6 Å². The molecular formula is C22H23ClN4O5. The minimum atomic E-state index is -0.688. The molecule has 1 atom stereocenters. The predicted molar refractivity (Wildman–Crippen MR) is 116 cm³/mol. The summed E-state index contributed by atoms with van der Waals surface area (Å²) in [5, 5.41) is 6.04. The number of rotatable bonds is 5. The molecule has 2 N–H and O–H groups in total. The normalized spacial score (nSPS) is 19.4. The lowest BCUT2D eigenvalue weighted by Crippen LogP contribution is -2.52. The molecule has 9 nitrogen and oxygen atoms in total. The number of methoxy groups -OCH3 is 1. The number of benzene rings is 1. The van der Waals surface area contributed by atoms with Crippen LogP contribution in [0.4, 0.5) is 4.79 Å². The predicted octanol–water partition coefficient (Wildman–Crippen LogP) is 2.17. The SMILES string of the molecule is COC(=O)C1=C(CN2CCN(C(=O)c3ccco3)CC2)NC(=O)N[C@H]1c1cccc(Cl)c1. The van der Waals surface area contributed by atoms with E-state index in [0.717, 1.165) is 0 Å². The van der Waals surface area contributed by atoms with Gasteiger partial charge in [-0.3, -0.25) is 9.69 Å². The lowest BCUT2D eigenvalue weighted by atomic mass is 9.95. The molecule has 0 bridgehead atoms. The first kappa shape index (κ1) is 21.9. The van der Waals surface area contributed by atoms with Gasteiger partial charge in [-0.25, -0.2) is 9.59 Å². The minimum Gasteiger partial charge on any atom is -0.466 e. The lowest BCUT2D eigenvalue weighted by molar-refractivity contribution is -0.136. The molecule has 10 heteroatoms. The molecule has 168 valence electrons. The number of nitrogens with zero attached hydrogens (tertiary/aromatic N) is 2. The molecule has 1 aromatic carbocycles. The van der Waals surface area contributed by atoms with Gasteiger partial charge < -0.3 is 24.7 Å². The van der Waals surface area contributed by atoms with E-state index in [1.54, 1.807) is 41.3 Å². The van der Waals surface area contributed by atoms with Gasteiger partial charge in [0.05, 0.1) is 25.0 Å². The lowest BCUT2D eigenvalue weighted by Gasteiger charge is -2.36. The van der Waals surface area contributed by atoms with Crippen LogP contribution in [0.25, 0.3) is 0 Å². The van der Waals surface area contributed by atoms with E-state index in [9.17, 15) is 14.4 Å². The average molecular weight is 459 g/mol. The molecule has 1 fully saturated rings. The molecular weight excluding hydrogens is 436 g/mol. The summed E-state index contributed by atoms with van der Waals surface area (Å²) < 4.78 is 10.2. The number of carbonyl (C=O) groups is 3. The Kier molecular flexibility index (Phi) is 6.48. The zero-order valence-corrected chi connectivity index (χ0v) is 18.2. The van der Waals surface area contributed by atoms with E-state index in [2.05, 4.69) is 15.5 Å². The Morgan fingerprint density at radius 1 is 1.19 bits per heavy atom. The van der Waals surface area contributed by atoms with Crippen molar-refractivity contribution < 1.29 is 23.5 Å². The zero-order chi connectivity index (χ0) is 22.7. The number of urea groups is 1. The Morgan fingerprint density at radius 2 is 1.97 bits per heavy atom. The topological polar surface area (TPSA) is 104 Å². The van der Waals surface area contributed by atoms with Crippen LogP contribution in [0.1, 0.15) is 22.2 Å². The molecule has 0 aliphatic carbocycles. The second-order valence-electron chi connectivity index (χ2n) is 7.52. The van der Waals surface area contributed by atoms with Crippen LogP contribution in [-0.4, -0.2) is 67.5 Å². The molecule has 2 aliphatic rings. The van der Waals surface area contributed by atoms with E-state index < -0.39 is 18.0 Å². The molecule has 3 heterocycles. The fourth-order valence-electron chi connectivity index (χ4n) is 3.92. The Balaban J connectivity index is 1.53. The number of ether oxygens (including phenoxy) is 1. The molecule has 2 aromatic rings. The number of furan rings is 1. The fraction of sp³-hybridized carbons (Fsp3) is 0.318. The van der Waals surface area contributed by atoms with Crippen LogP contribution in [0.2, 0.25) is 5.02 Å². The van der Waals surface area contributed by atoms with E-state index >= 15 is 0 Å². The summed E-state index contributed by atoms with van der Waals surface area (Å²) in [4.78, 5) is 41.3. The second-order valence-corrected chi connectivity index (χ2v) is 7.95. The Morgan fingerprint density at radius 3 is 2.62 bits per heavy atom. The van der Waals surface area contributed by atoms with Crippen molar-refractivity contribution in [3.05, 3.63) is 70.3 Å². The molecule has 1 saturated heterocycles. The average Bonchev–Trinajstić information content (AvgIpc) is 3.33. The van der Waals surface area contributed by atoms with Gasteiger partial charge in [0.2, 0.25) is 0 Å². The summed E-state index contributed by atoms with van der Waals surface area (Å²) in [6.45, 7) is 2.50. The molecule has 3 amide bonds. The van der Waals surface area contributed by atoms with Crippen molar-refractivity contribution in [2.45, 2.75) is 6.04 Å². The molecule has 1 aromatic heterocycles. The zero-order valence-electron chi connectivity index (χ0n) is 17.5. The van der Waals surface area contributed by atoms with Crippen LogP contribution in [0.3, 0.4) is 0 Å². The molecule has 0 radical (unpaired) electrons. The van der Waals surface area contributed by atoms with Crippen LogP contribution in [-0.2, 0) is 9.53 Å². The van der Waals surface area contributed by atoms with Gasteiger partial charge in [-0.2, -0.15) is 0 Å². The number of carbonyl (C=O) groups excluding carboxylic acids is 3. The van der Waals surface area contributed by atoms with E-state index in [1.807, 2.05) is 0 Å². The van der Waals surface area contributed by atoms with Gasteiger partial charge in [0, 0.05) is 43.4 Å². The highest BCUT2D eigenvalue weighted by Gasteiger charge is 2.35. The summed E-state index contributed by atoms with van der Waals surface area (Å²) in [6, 6.07) is 9.20. The monoisotopic (exact) mass is 458 g/mol. The molecule has 4 rings (SSSR count). The Bertz CT molecular complexity index is 1040. The maximum atomic E-state index is 12.7. The summed E-state index contributed by atoms with van der Waals surface area (Å²) in [5.41, 5.74) is 1.47. The van der Waals surface area contributed by atoms with Crippen LogP contribution < -0.4 is 10.6 Å². The maximum Gasteiger partial charge on any atom is 0.338 e. The number of piperazine rings is 1. The van der Waals surface area contributed by atoms with E-state index in [-0.39, 0.29) is 5.91 Å². The van der Waals surface area contributed by atoms with E-state index in [4.69, 9.17) is 20.8 Å². The van der Waals surface area contributed by atoms with E-state index in [1.165, 1.54) is 13.4 Å². The summed E-state index contributed by atoms with van der Waals surface area (Å²) >= 11 is 6.12. The van der Waals surface area contributed by atoms with Gasteiger partial charge in [-0.1, -0.05) is 23.7 Å². The highest BCUT2D eigenvalue weighted by molar-refractivity contribution is 6.30. The quantitative estimate of drug-likeness (QED) is 0.665.